The van der Waals surface area contributed by atoms with Crippen molar-refractivity contribution in [3.8, 4) is 5.75 Å². The monoisotopic (exact) mass is 286 g/mol. The molecule has 0 saturated carbocycles. The molecule has 0 N–H and O–H groups in total. The van der Waals surface area contributed by atoms with Gasteiger partial charge in [-0.15, -0.1) is 0 Å². The Morgan fingerprint density at radius 2 is 1.36 bits per heavy atom. The first-order valence-corrected chi connectivity index (χ1v) is 7.26. The minimum Gasteiger partial charge on any atom is -0.426 e. The number of esters is 1. The minimum atomic E-state index is -0.301. The number of ether oxygens (including phenoxy) is 1. The molecule has 0 spiro atoms. The van der Waals surface area contributed by atoms with Gasteiger partial charge in [-0.2, -0.15) is 0 Å². The van der Waals surface area contributed by atoms with Crippen LogP contribution in [0.1, 0.15) is 6.92 Å². The predicted octanol–water partition coefficient (Wildman–Crippen LogP) is 5.07. The summed E-state index contributed by atoms with van der Waals surface area (Å²) in [7, 11) is 0. The van der Waals surface area contributed by atoms with Crippen LogP contribution in [-0.4, -0.2) is 5.97 Å². The van der Waals surface area contributed by atoms with Crippen LogP contribution in [0.4, 0.5) is 0 Å². The van der Waals surface area contributed by atoms with Crippen molar-refractivity contribution in [2.24, 2.45) is 0 Å². The van der Waals surface area contributed by atoms with Crippen molar-refractivity contribution >= 4 is 38.3 Å². The summed E-state index contributed by atoms with van der Waals surface area (Å²) < 4.78 is 5.45. The molecule has 0 aromatic heterocycles. The van der Waals surface area contributed by atoms with E-state index in [0.717, 1.165) is 16.2 Å². The van der Waals surface area contributed by atoms with Crippen LogP contribution in [0, 0.1) is 0 Å². The number of hydrogen-bond donors (Lipinski definition) is 0. The maximum absolute atomic E-state index is 11.4. The molecule has 22 heavy (non-hydrogen) atoms. The smallest absolute Gasteiger partial charge is 0.308 e. The van der Waals surface area contributed by atoms with Gasteiger partial charge in [-0.1, -0.05) is 60.7 Å². The summed E-state index contributed by atoms with van der Waals surface area (Å²) in [6.45, 7) is 1.43. The number of carbonyl (C=O) groups is 1. The Morgan fingerprint density at radius 1 is 0.727 bits per heavy atom. The third-order valence-electron chi connectivity index (χ3n) is 3.98. The summed E-state index contributed by atoms with van der Waals surface area (Å²) in [4.78, 5) is 11.4. The fourth-order valence-electron chi connectivity index (χ4n) is 3.07. The maximum atomic E-state index is 11.4. The average Bonchev–Trinajstić information content (AvgIpc) is 2.54. The van der Waals surface area contributed by atoms with Crippen molar-refractivity contribution in [3.05, 3.63) is 66.7 Å². The molecule has 0 heterocycles. The Labute approximate surface area is 127 Å². The number of fused-ring (bicyclic) bond motifs is 5. The maximum Gasteiger partial charge on any atom is 0.308 e. The van der Waals surface area contributed by atoms with Crippen molar-refractivity contribution < 1.29 is 9.53 Å². The van der Waals surface area contributed by atoms with E-state index >= 15 is 0 Å². The van der Waals surface area contributed by atoms with E-state index in [1.165, 1.54) is 23.1 Å². The van der Waals surface area contributed by atoms with Crippen LogP contribution >= 0.6 is 0 Å². The van der Waals surface area contributed by atoms with Gasteiger partial charge in [0.2, 0.25) is 0 Å². The Bertz CT molecular complexity index is 1030. The van der Waals surface area contributed by atoms with Gasteiger partial charge in [-0.05, 0) is 33.0 Å². The lowest BCUT2D eigenvalue weighted by Gasteiger charge is -2.11. The van der Waals surface area contributed by atoms with E-state index in [9.17, 15) is 4.79 Å². The Balaban J connectivity index is 2.21. The first-order valence-electron chi connectivity index (χ1n) is 7.26. The molecule has 0 bridgehead atoms. The lowest BCUT2D eigenvalue weighted by Crippen LogP contribution is -2.02. The standard InChI is InChI=1S/C20H14O2/c1-13(21)22-20-12-19-15-7-3-2-6-14(15)10-11-17(19)16-8-4-5-9-18(16)20/h2-12H,1H3. The van der Waals surface area contributed by atoms with Crippen molar-refractivity contribution in [3.63, 3.8) is 0 Å². The molecule has 4 rings (SSSR count). The lowest BCUT2D eigenvalue weighted by atomic mass is 9.96. The van der Waals surface area contributed by atoms with Crippen LogP contribution in [-0.2, 0) is 4.79 Å². The van der Waals surface area contributed by atoms with Crippen LogP contribution in [0.15, 0.2) is 66.7 Å². The highest BCUT2D eigenvalue weighted by Gasteiger charge is 2.11. The molecule has 0 fully saturated rings. The highest BCUT2D eigenvalue weighted by Crippen LogP contribution is 2.36. The molecule has 2 heteroatoms. The zero-order valence-electron chi connectivity index (χ0n) is 12.2. The van der Waals surface area contributed by atoms with Gasteiger partial charge in [-0.3, -0.25) is 4.79 Å². The van der Waals surface area contributed by atoms with E-state index in [2.05, 4.69) is 30.3 Å². The third-order valence-corrected chi connectivity index (χ3v) is 3.98. The molecule has 2 nitrogen and oxygen atoms in total. The first kappa shape index (κ1) is 12.8. The molecule has 106 valence electrons. The summed E-state index contributed by atoms with van der Waals surface area (Å²) in [6.07, 6.45) is 0. The van der Waals surface area contributed by atoms with Crippen molar-refractivity contribution in [2.45, 2.75) is 6.92 Å². The normalized spacial score (nSPS) is 11.1. The molecular weight excluding hydrogens is 272 g/mol. The molecule has 0 saturated heterocycles. The summed E-state index contributed by atoms with van der Waals surface area (Å²) in [5.74, 6) is 0.316. The topological polar surface area (TPSA) is 26.3 Å². The zero-order valence-corrected chi connectivity index (χ0v) is 12.2. The van der Waals surface area contributed by atoms with Gasteiger partial charge in [0.1, 0.15) is 5.75 Å². The Morgan fingerprint density at radius 3 is 2.14 bits per heavy atom. The Hall–Kier alpha value is -2.87. The van der Waals surface area contributed by atoms with E-state index < -0.39 is 0 Å². The van der Waals surface area contributed by atoms with E-state index in [0.29, 0.717) is 5.75 Å². The van der Waals surface area contributed by atoms with Crippen LogP contribution < -0.4 is 4.74 Å². The summed E-state index contributed by atoms with van der Waals surface area (Å²) in [5.41, 5.74) is 0. The largest absolute Gasteiger partial charge is 0.426 e. The molecule has 0 aliphatic heterocycles. The summed E-state index contributed by atoms with van der Waals surface area (Å²) in [5, 5.41) is 6.68. The van der Waals surface area contributed by atoms with E-state index in [-0.39, 0.29) is 5.97 Å². The second-order valence-electron chi connectivity index (χ2n) is 5.40. The quantitative estimate of drug-likeness (QED) is 0.277. The van der Waals surface area contributed by atoms with Gasteiger partial charge < -0.3 is 4.74 Å². The van der Waals surface area contributed by atoms with Gasteiger partial charge in [0.15, 0.2) is 0 Å². The summed E-state index contributed by atoms with van der Waals surface area (Å²) >= 11 is 0. The van der Waals surface area contributed by atoms with Gasteiger partial charge in [0.25, 0.3) is 0 Å². The fourth-order valence-corrected chi connectivity index (χ4v) is 3.07. The zero-order chi connectivity index (χ0) is 15.1. The van der Waals surface area contributed by atoms with Gasteiger partial charge in [0.05, 0.1) is 0 Å². The molecule has 4 aromatic carbocycles. The van der Waals surface area contributed by atoms with Crippen LogP contribution in [0.5, 0.6) is 5.75 Å². The van der Waals surface area contributed by atoms with Crippen molar-refractivity contribution in [2.75, 3.05) is 0 Å². The summed E-state index contributed by atoms with van der Waals surface area (Å²) in [6, 6.07) is 22.5. The fraction of sp³-hybridized carbons (Fsp3) is 0.0500. The molecule has 0 aliphatic carbocycles. The second-order valence-corrected chi connectivity index (χ2v) is 5.40. The third kappa shape index (κ3) is 1.92. The lowest BCUT2D eigenvalue weighted by molar-refractivity contribution is -0.131. The van der Waals surface area contributed by atoms with Crippen LogP contribution in [0.25, 0.3) is 32.3 Å². The highest BCUT2D eigenvalue weighted by molar-refractivity contribution is 6.19. The van der Waals surface area contributed by atoms with E-state index in [1.807, 2.05) is 36.4 Å². The molecule has 4 aromatic rings. The highest BCUT2D eigenvalue weighted by atomic mass is 16.5. The molecular formula is C20H14O2. The van der Waals surface area contributed by atoms with Gasteiger partial charge >= 0.3 is 5.97 Å². The number of rotatable bonds is 1. The molecule has 0 amide bonds. The number of benzene rings is 4. The molecule has 0 radical (unpaired) electrons. The van der Waals surface area contributed by atoms with Gasteiger partial charge in [-0.25, -0.2) is 0 Å². The first-order chi connectivity index (χ1) is 10.7. The number of carbonyl (C=O) groups excluding carboxylic acids is 1. The molecule has 0 unspecified atom stereocenters. The molecule has 0 aliphatic rings. The molecule has 0 atom stereocenters. The van der Waals surface area contributed by atoms with Crippen LogP contribution in [0.3, 0.4) is 0 Å². The predicted molar refractivity (Wildman–Crippen MR) is 90.3 cm³/mol. The van der Waals surface area contributed by atoms with Crippen molar-refractivity contribution in [1.82, 2.24) is 0 Å². The van der Waals surface area contributed by atoms with E-state index in [4.69, 9.17) is 4.74 Å². The van der Waals surface area contributed by atoms with E-state index in [1.54, 1.807) is 0 Å². The number of hydrogen-bond acceptors (Lipinski definition) is 2. The average molecular weight is 286 g/mol. The van der Waals surface area contributed by atoms with Crippen LogP contribution in [0.2, 0.25) is 0 Å². The second kappa shape index (κ2) is 4.85. The van der Waals surface area contributed by atoms with Gasteiger partial charge in [0, 0.05) is 12.3 Å². The van der Waals surface area contributed by atoms with Crippen molar-refractivity contribution in [1.29, 1.82) is 0 Å². The Kier molecular flexibility index (Phi) is 2.83. The minimum absolute atomic E-state index is 0.301. The SMILES string of the molecule is CC(=O)Oc1cc2c3ccccc3ccc2c2ccccc12.